The van der Waals surface area contributed by atoms with E-state index < -0.39 is 0 Å². The Morgan fingerprint density at radius 3 is 2.83 bits per heavy atom. The monoisotopic (exact) mass is 248 g/mol. The van der Waals surface area contributed by atoms with Crippen LogP contribution in [0.25, 0.3) is 0 Å². The Morgan fingerprint density at radius 2 is 2.17 bits per heavy atom. The number of aliphatic hydroxyl groups excluding tert-OH is 1. The van der Waals surface area contributed by atoms with E-state index in [0.717, 1.165) is 31.4 Å². The lowest BCUT2D eigenvalue weighted by atomic mass is 9.87. The van der Waals surface area contributed by atoms with E-state index in [2.05, 4.69) is 10.3 Å². The van der Waals surface area contributed by atoms with Gasteiger partial charge in [-0.25, -0.2) is 0 Å². The molecule has 0 bridgehead atoms. The molecule has 0 unspecified atom stereocenters. The maximum absolute atomic E-state index is 12.0. The number of aromatic nitrogens is 1. The molecule has 0 spiro atoms. The van der Waals surface area contributed by atoms with Gasteiger partial charge < -0.3 is 10.4 Å². The molecule has 2 rings (SSSR count). The maximum Gasteiger partial charge on any atom is 0.253 e. The highest BCUT2D eigenvalue weighted by molar-refractivity contribution is 5.95. The van der Waals surface area contributed by atoms with Gasteiger partial charge in [-0.3, -0.25) is 9.78 Å². The third-order valence-corrected chi connectivity index (χ3v) is 3.62. The van der Waals surface area contributed by atoms with Crippen molar-refractivity contribution in [3.63, 3.8) is 0 Å². The second kappa shape index (κ2) is 5.96. The van der Waals surface area contributed by atoms with Crippen molar-refractivity contribution in [2.45, 2.75) is 38.7 Å². The molecule has 4 nitrogen and oxygen atoms in total. The SMILES string of the molecule is Cc1ncccc1C(=O)NCC1CCC(O)CC1. The van der Waals surface area contributed by atoms with Crippen LogP contribution in [-0.2, 0) is 0 Å². The number of aryl methyl sites for hydroxylation is 1. The van der Waals surface area contributed by atoms with Crippen LogP contribution in [0.3, 0.4) is 0 Å². The zero-order valence-electron chi connectivity index (χ0n) is 10.7. The van der Waals surface area contributed by atoms with Gasteiger partial charge in [-0.2, -0.15) is 0 Å². The maximum atomic E-state index is 12.0. The van der Waals surface area contributed by atoms with Crippen molar-refractivity contribution < 1.29 is 9.90 Å². The van der Waals surface area contributed by atoms with Gasteiger partial charge in [-0.15, -0.1) is 0 Å². The van der Waals surface area contributed by atoms with Crippen LogP contribution in [0.4, 0.5) is 0 Å². The second-order valence-corrected chi connectivity index (χ2v) is 5.02. The first-order valence-corrected chi connectivity index (χ1v) is 6.54. The normalized spacial score (nSPS) is 23.7. The zero-order chi connectivity index (χ0) is 13.0. The van der Waals surface area contributed by atoms with Crippen LogP contribution in [0.15, 0.2) is 18.3 Å². The largest absolute Gasteiger partial charge is 0.393 e. The molecule has 1 fully saturated rings. The number of carbonyl (C=O) groups is 1. The molecule has 0 atom stereocenters. The van der Waals surface area contributed by atoms with Crippen molar-refractivity contribution in [3.8, 4) is 0 Å². The molecule has 18 heavy (non-hydrogen) atoms. The molecule has 0 aliphatic heterocycles. The standard InChI is InChI=1S/C14H20N2O2/c1-10-13(3-2-8-15-10)14(18)16-9-11-4-6-12(17)7-5-11/h2-3,8,11-12,17H,4-7,9H2,1H3,(H,16,18). The smallest absolute Gasteiger partial charge is 0.253 e. The Kier molecular flexibility index (Phi) is 4.31. The zero-order valence-corrected chi connectivity index (χ0v) is 10.7. The number of nitrogens with zero attached hydrogens (tertiary/aromatic N) is 1. The molecule has 1 amide bonds. The molecule has 1 aromatic heterocycles. The van der Waals surface area contributed by atoms with Gasteiger partial charge >= 0.3 is 0 Å². The van der Waals surface area contributed by atoms with Crippen molar-refractivity contribution in [2.75, 3.05) is 6.54 Å². The molecular weight excluding hydrogens is 228 g/mol. The summed E-state index contributed by atoms with van der Waals surface area (Å²) in [6.45, 7) is 2.53. The van der Waals surface area contributed by atoms with Crippen LogP contribution in [0.1, 0.15) is 41.7 Å². The number of amides is 1. The van der Waals surface area contributed by atoms with Crippen LogP contribution in [0, 0.1) is 12.8 Å². The van der Waals surface area contributed by atoms with Crippen LogP contribution in [-0.4, -0.2) is 28.6 Å². The molecule has 0 aromatic carbocycles. The van der Waals surface area contributed by atoms with Crippen LogP contribution >= 0.6 is 0 Å². The van der Waals surface area contributed by atoms with Gasteiger partial charge in [0.15, 0.2) is 0 Å². The number of nitrogens with one attached hydrogen (secondary N) is 1. The highest BCUT2D eigenvalue weighted by Crippen LogP contribution is 2.23. The van der Waals surface area contributed by atoms with Gasteiger partial charge in [0.05, 0.1) is 11.7 Å². The summed E-state index contributed by atoms with van der Waals surface area (Å²) in [7, 11) is 0. The van der Waals surface area contributed by atoms with Crippen molar-refractivity contribution in [2.24, 2.45) is 5.92 Å². The molecule has 1 heterocycles. The van der Waals surface area contributed by atoms with Crippen molar-refractivity contribution in [1.82, 2.24) is 10.3 Å². The van der Waals surface area contributed by atoms with Gasteiger partial charge in [0.25, 0.3) is 5.91 Å². The minimum atomic E-state index is -0.141. The van der Waals surface area contributed by atoms with Crippen LogP contribution in [0.5, 0.6) is 0 Å². The lowest BCUT2D eigenvalue weighted by Crippen LogP contribution is -2.32. The minimum Gasteiger partial charge on any atom is -0.393 e. The summed E-state index contributed by atoms with van der Waals surface area (Å²) in [5.74, 6) is 0.445. The quantitative estimate of drug-likeness (QED) is 0.855. The van der Waals surface area contributed by atoms with E-state index in [0.29, 0.717) is 18.0 Å². The average Bonchev–Trinajstić information content (AvgIpc) is 2.38. The number of hydrogen-bond donors (Lipinski definition) is 2. The first-order chi connectivity index (χ1) is 8.66. The molecule has 1 aromatic rings. The summed E-state index contributed by atoms with van der Waals surface area (Å²) in [5.41, 5.74) is 1.41. The lowest BCUT2D eigenvalue weighted by molar-refractivity contribution is 0.0909. The number of carbonyl (C=O) groups excluding carboxylic acids is 1. The Bertz CT molecular complexity index is 412. The fraction of sp³-hybridized carbons (Fsp3) is 0.571. The molecule has 1 saturated carbocycles. The molecule has 1 aliphatic rings. The Hall–Kier alpha value is -1.42. The highest BCUT2D eigenvalue weighted by atomic mass is 16.3. The predicted octanol–water partition coefficient (Wildman–Crippen LogP) is 1.67. The van der Waals surface area contributed by atoms with Gasteiger partial charge in [0.2, 0.25) is 0 Å². The van der Waals surface area contributed by atoms with E-state index in [1.807, 2.05) is 6.92 Å². The van der Waals surface area contributed by atoms with E-state index >= 15 is 0 Å². The molecule has 2 N–H and O–H groups in total. The summed E-state index contributed by atoms with van der Waals surface area (Å²) in [6.07, 6.45) is 5.24. The summed E-state index contributed by atoms with van der Waals surface area (Å²) >= 11 is 0. The summed E-state index contributed by atoms with van der Waals surface area (Å²) in [5, 5.41) is 12.4. The van der Waals surface area contributed by atoms with E-state index in [1.165, 1.54) is 0 Å². The fourth-order valence-corrected chi connectivity index (χ4v) is 2.41. The second-order valence-electron chi connectivity index (χ2n) is 5.02. The lowest BCUT2D eigenvalue weighted by Gasteiger charge is -2.25. The summed E-state index contributed by atoms with van der Waals surface area (Å²) in [4.78, 5) is 16.1. The molecule has 0 saturated heterocycles. The van der Waals surface area contributed by atoms with Gasteiger partial charge in [-0.1, -0.05) is 0 Å². The molecule has 0 radical (unpaired) electrons. The Morgan fingerprint density at radius 1 is 1.44 bits per heavy atom. The number of pyridine rings is 1. The van der Waals surface area contributed by atoms with Gasteiger partial charge in [0, 0.05) is 18.4 Å². The topological polar surface area (TPSA) is 62.2 Å². The van der Waals surface area contributed by atoms with E-state index in [9.17, 15) is 9.90 Å². The molecule has 1 aliphatic carbocycles. The van der Waals surface area contributed by atoms with E-state index in [1.54, 1.807) is 18.3 Å². The van der Waals surface area contributed by atoms with Crippen molar-refractivity contribution in [3.05, 3.63) is 29.6 Å². The minimum absolute atomic E-state index is 0.0493. The van der Waals surface area contributed by atoms with Crippen molar-refractivity contribution in [1.29, 1.82) is 0 Å². The Balaban J connectivity index is 1.84. The number of rotatable bonds is 3. The van der Waals surface area contributed by atoms with E-state index in [4.69, 9.17) is 0 Å². The van der Waals surface area contributed by atoms with Crippen molar-refractivity contribution >= 4 is 5.91 Å². The fourth-order valence-electron chi connectivity index (χ4n) is 2.41. The first kappa shape index (κ1) is 13.0. The first-order valence-electron chi connectivity index (χ1n) is 6.54. The Labute approximate surface area is 107 Å². The number of aliphatic hydroxyl groups is 1. The predicted molar refractivity (Wildman–Crippen MR) is 69.3 cm³/mol. The number of hydrogen-bond acceptors (Lipinski definition) is 3. The van der Waals surface area contributed by atoms with E-state index in [-0.39, 0.29) is 12.0 Å². The molecule has 98 valence electrons. The van der Waals surface area contributed by atoms with Crippen LogP contribution in [0.2, 0.25) is 0 Å². The summed E-state index contributed by atoms with van der Waals surface area (Å²) < 4.78 is 0. The summed E-state index contributed by atoms with van der Waals surface area (Å²) in [6, 6.07) is 3.57. The third-order valence-electron chi connectivity index (χ3n) is 3.62. The van der Waals surface area contributed by atoms with Gasteiger partial charge in [0.1, 0.15) is 0 Å². The molecular formula is C14H20N2O2. The molecule has 4 heteroatoms. The highest BCUT2D eigenvalue weighted by Gasteiger charge is 2.20. The third kappa shape index (κ3) is 3.29. The van der Waals surface area contributed by atoms with Gasteiger partial charge in [-0.05, 0) is 50.7 Å². The average molecular weight is 248 g/mol. The van der Waals surface area contributed by atoms with Crippen LogP contribution < -0.4 is 5.32 Å².